The molecule has 4 aromatic rings. The molecule has 0 aliphatic rings. The Morgan fingerprint density at radius 3 is 1.90 bits per heavy atom. The highest BCUT2D eigenvalue weighted by molar-refractivity contribution is 7.89. The number of fused-ring (bicyclic) bond motifs is 1. The van der Waals surface area contributed by atoms with Crippen LogP contribution in [0.5, 0.6) is 0 Å². The number of aliphatic carboxylic acids is 3. The lowest BCUT2D eigenvalue weighted by Crippen LogP contribution is -2.47. The number of amides is 2. The molecule has 0 aliphatic carbocycles. The summed E-state index contributed by atoms with van der Waals surface area (Å²) in [6, 6.07) is 10.7. The number of alkyl halides is 3. The largest absolute Gasteiger partial charge is 0.481 e. The Labute approximate surface area is 397 Å². The monoisotopic (exact) mass is 1000 g/mol. The van der Waals surface area contributed by atoms with E-state index in [0.717, 1.165) is 12.1 Å². The second kappa shape index (κ2) is 24.9. The van der Waals surface area contributed by atoms with E-state index in [9.17, 15) is 84.4 Å². The van der Waals surface area contributed by atoms with Crippen LogP contribution in [0.25, 0.3) is 10.9 Å². The molecule has 0 aliphatic heterocycles. The van der Waals surface area contributed by atoms with E-state index in [-0.39, 0.29) is 24.8 Å². The van der Waals surface area contributed by atoms with E-state index in [0.29, 0.717) is 40.7 Å². The van der Waals surface area contributed by atoms with Gasteiger partial charge in [-0.15, -0.1) is 0 Å². The van der Waals surface area contributed by atoms with Gasteiger partial charge in [0.1, 0.15) is 11.6 Å². The highest BCUT2D eigenvalue weighted by Gasteiger charge is 2.35. The predicted molar refractivity (Wildman–Crippen MR) is 239 cm³/mol. The van der Waals surface area contributed by atoms with Crippen LogP contribution in [0.1, 0.15) is 75.0 Å². The van der Waals surface area contributed by atoms with E-state index >= 15 is 0 Å². The lowest BCUT2D eigenvalue weighted by atomic mass is 9.88. The minimum atomic E-state index is -4.86. The summed E-state index contributed by atoms with van der Waals surface area (Å²) in [6.07, 6.45) is -8.77. The van der Waals surface area contributed by atoms with Gasteiger partial charge in [-0.3, -0.25) is 43.2 Å². The number of H-pyrrole nitrogens is 1. The van der Waals surface area contributed by atoms with Gasteiger partial charge in [-0.05, 0) is 79.8 Å². The van der Waals surface area contributed by atoms with E-state index < -0.39 is 167 Å². The number of aromatic amines is 1. The van der Waals surface area contributed by atoms with Gasteiger partial charge in [-0.2, -0.15) is 13.2 Å². The van der Waals surface area contributed by atoms with Gasteiger partial charge in [0.05, 0.1) is 35.5 Å². The molecule has 0 unspecified atom stereocenters. The van der Waals surface area contributed by atoms with Gasteiger partial charge in [0.25, 0.3) is 0 Å². The Morgan fingerprint density at radius 1 is 0.686 bits per heavy atom. The number of carboxylic acid groups (broad SMARTS) is 3. The molecule has 0 fully saturated rings. The quantitative estimate of drug-likeness (QED) is 0.0367. The average Bonchev–Trinajstić information content (AvgIpc) is 3.69. The molecule has 0 spiro atoms. The Morgan fingerprint density at radius 2 is 1.30 bits per heavy atom. The van der Waals surface area contributed by atoms with Gasteiger partial charge in [-0.25, -0.2) is 17.5 Å². The number of carboxylic acids is 3. The standard InChI is InChI=1S/C47H50F4N4O14S/c1-26(56)28(9-15-42(60)61)21-40(58)38(20-31-24-52-37-8-3-2-7-36(31)37)54-46(67)30(17-27-5-4-6-33(48)18-27)19-34(57)25-53-45(66)29(10-16-43(62)63)22-41(59)39(23-44(64)65)55-70(68,69)35-13-11-32(12-14-35)47(49,50)51/h2-8,11-14,18,24,28-30,38-39,52,55H,9-10,15-17,19-23,25H2,1H3,(H,53,66)(H,54,67)(H,60,61)(H,62,63)(H,64,65)/t28-,29-,30-,38+,39-/m1/s1. The van der Waals surface area contributed by atoms with Gasteiger partial charge < -0.3 is 30.9 Å². The highest BCUT2D eigenvalue weighted by Crippen LogP contribution is 2.30. The summed E-state index contributed by atoms with van der Waals surface area (Å²) in [5, 5.41) is 33.7. The van der Waals surface area contributed by atoms with Crippen molar-refractivity contribution in [1.29, 1.82) is 0 Å². The number of Topliss-reactive ketones (excluding diaryl/α,β-unsaturated/α-hetero) is 4. The summed E-state index contributed by atoms with van der Waals surface area (Å²) >= 11 is 0. The number of rotatable bonds is 29. The number of carbonyl (C=O) groups is 9. The maximum absolute atomic E-state index is 14.4. The zero-order valence-corrected chi connectivity index (χ0v) is 38.2. The van der Waals surface area contributed by atoms with Crippen molar-refractivity contribution in [3.05, 3.63) is 102 Å². The molecule has 3 aromatic carbocycles. The summed E-state index contributed by atoms with van der Waals surface area (Å²) in [5.41, 5.74) is 0.331. The number of para-hydroxylation sites is 1. The number of carbonyl (C=O) groups excluding carboxylic acids is 6. The number of halogens is 4. The Bertz CT molecular complexity index is 2710. The predicted octanol–water partition coefficient (Wildman–Crippen LogP) is 4.58. The molecule has 70 heavy (non-hydrogen) atoms. The van der Waals surface area contributed by atoms with Gasteiger partial charge in [0.15, 0.2) is 17.3 Å². The summed E-state index contributed by atoms with van der Waals surface area (Å²) in [5.74, 6) is -14.1. The Hall–Kier alpha value is -7.14. The fourth-order valence-electron chi connectivity index (χ4n) is 7.55. The van der Waals surface area contributed by atoms with Crippen molar-refractivity contribution in [2.24, 2.45) is 17.8 Å². The normalized spacial score (nSPS) is 13.8. The van der Waals surface area contributed by atoms with Crippen LogP contribution in [0.15, 0.2) is 83.9 Å². The maximum atomic E-state index is 14.4. The second-order valence-corrected chi connectivity index (χ2v) is 18.3. The number of aromatic nitrogens is 1. The summed E-state index contributed by atoms with van der Waals surface area (Å²) < 4.78 is 81.5. The lowest BCUT2D eigenvalue weighted by molar-refractivity contribution is -0.140. The molecule has 5 atom stereocenters. The van der Waals surface area contributed by atoms with Gasteiger partial charge in [-0.1, -0.05) is 30.3 Å². The van der Waals surface area contributed by atoms with Crippen LogP contribution < -0.4 is 15.4 Å². The van der Waals surface area contributed by atoms with Crippen molar-refractivity contribution in [1.82, 2.24) is 20.3 Å². The molecule has 1 heterocycles. The first kappa shape index (κ1) is 55.5. The van der Waals surface area contributed by atoms with Crippen LogP contribution in [0, 0.1) is 23.6 Å². The van der Waals surface area contributed by atoms with Crippen molar-refractivity contribution in [3.8, 4) is 0 Å². The smallest absolute Gasteiger partial charge is 0.416 e. The first-order chi connectivity index (χ1) is 32.8. The highest BCUT2D eigenvalue weighted by atomic mass is 32.2. The topological polar surface area (TPSA) is 300 Å². The summed E-state index contributed by atoms with van der Waals surface area (Å²) in [4.78, 5) is 118. The molecular formula is C47H50F4N4O14S. The molecule has 376 valence electrons. The molecule has 0 saturated carbocycles. The Kier molecular flexibility index (Phi) is 19.8. The van der Waals surface area contributed by atoms with E-state index in [1.54, 1.807) is 30.5 Å². The third-order valence-corrected chi connectivity index (χ3v) is 12.8. The van der Waals surface area contributed by atoms with Crippen molar-refractivity contribution < 1.29 is 84.4 Å². The molecule has 0 radical (unpaired) electrons. The summed E-state index contributed by atoms with van der Waals surface area (Å²) in [7, 11) is -4.86. The van der Waals surface area contributed by atoms with Crippen LogP contribution in [0.2, 0.25) is 0 Å². The number of benzene rings is 3. The van der Waals surface area contributed by atoms with E-state index in [1.807, 2.05) is 4.72 Å². The third kappa shape index (κ3) is 17.1. The number of ketones is 4. The SMILES string of the molecule is CC(=O)[C@H](CCC(=O)O)CC(=O)[C@H](Cc1c[nH]c2ccccc12)NC(=O)[C@@H](CC(=O)CNC(=O)[C@H](CCC(=O)O)CC(=O)[C@@H](CC(=O)O)NS(=O)(=O)c1ccc(C(F)(F)F)cc1)Cc1cccc(F)c1. The van der Waals surface area contributed by atoms with Crippen LogP contribution >= 0.6 is 0 Å². The molecular weight excluding hydrogens is 953 g/mol. The minimum Gasteiger partial charge on any atom is -0.481 e. The van der Waals surface area contributed by atoms with Gasteiger partial charge >= 0.3 is 24.1 Å². The van der Waals surface area contributed by atoms with Crippen molar-refractivity contribution in [3.63, 3.8) is 0 Å². The van der Waals surface area contributed by atoms with Gasteiger partial charge in [0, 0.05) is 73.4 Å². The van der Waals surface area contributed by atoms with E-state index in [4.69, 9.17) is 0 Å². The molecule has 4 rings (SSSR count). The van der Waals surface area contributed by atoms with Crippen LogP contribution in [-0.2, 0) is 72.2 Å². The maximum Gasteiger partial charge on any atom is 0.416 e. The van der Waals surface area contributed by atoms with Crippen LogP contribution in [0.3, 0.4) is 0 Å². The van der Waals surface area contributed by atoms with Gasteiger partial charge in [0.2, 0.25) is 21.8 Å². The molecule has 7 N–H and O–H groups in total. The molecule has 1 aromatic heterocycles. The number of hydrogen-bond donors (Lipinski definition) is 7. The lowest BCUT2D eigenvalue weighted by Gasteiger charge is -2.24. The van der Waals surface area contributed by atoms with Crippen molar-refractivity contribution >= 4 is 73.8 Å². The zero-order chi connectivity index (χ0) is 51.9. The third-order valence-electron chi connectivity index (χ3n) is 11.3. The molecule has 2 amide bonds. The molecule has 0 bridgehead atoms. The molecule has 0 saturated heterocycles. The second-order valence-electron chi connectivity index (χ2n) is 16.6. The summed E-state index contributed by atoms with van der Waals surface area (Å²) in [6.45, 7) is 0.360. The van der Waals surface area contributed by atoms with E-state index in [2.05, 4.69) is 15.6 Å². The van der Waals surface area contributed by atoms with E-state index in [1.165, 1.54) is 19.1 Å². The first-order valence-corrected chi connectivity index (χ1v) is 23.1. The van der Waals surface area contributed by atoms with Crippen molar-refractivity contribution in [2.45, 2.75) is 94.3 Å². The van der Waals surface area contributed by atoms with Crippen LogP contribution in [0.4, 0.5) is 17.6 Å². The fraction of sp³-hybridized carbons (Fsp3) is 0.383. The average molecular weight is 1000 g/mol. The molecule has 18 nitrogen and oxygen atoms in total. The number of sulfonamides is 1. The number of nitrogens with one attached hydrogen (secondary N) is 4. The van der Waals surface area contributed by atoms with Crippen LogP contribution in [-0.4, -0.2) is 100 Å². The number of hydrogen-bond acceptors (Lipinski definition) is 11. The first-order valence-electron chi connectivity index (χ1n) is 21.6. The fourth-order valence-corrected chi connectivity index (χ4v) is 8.77. The zero-order valence-electron chi connectivity index (χ0n) is 37.4. The molecule has 23 heteroatoms. The Balaban J connectivity index is 1.55. The minimum absolute atomic E-state index is 0.116. The van der Waals surface area contributed by atoms with Crippen molar-refractivity contribution in [2.75, 3.05) is 6.54 Å².